The molecule has 0 atom stereocenters. The van der Waals surface area contributed by atoms with E-state index in [1.807, 2.05) is 20.8 Å². The molecule has 5 nitrogen and oxygen atoms in total. The topological polar surface area (TPSA) is 64.0 Å². The molecular formula is C15H19N3O2. The number of amides is 1. The average molecular weight is 273 g/mol. The average Bonchev–Trinajstić information content (AvgIpc) is 2.40. The summed E-state index contributed by atoms with van der Waals surface area (Å²) in [5.74, 6) is -0.181. The molecule has 0 aliphatic rings. The number of aromatic nitrogens is 2. The summed E-state index contributed by atoms with van der Waals surface area (Å²) in [6.07, 6.45) is 0. The minimum Gasteiger partial charge on any atom is -0.355 e. The van der Waals surface area contributed by atoms with Gasteiger partial charge in [-0.25, -0.2) is 4.98 Å². The van der Waals surface area contributed by atoms with E-state index in [2.05, 4.69) is 10.3 Å². The predicted molar refractivity (Wildman–Crippen MR) is 79.1 cm³/mol. The number of carbonyl (C=O) groups is 1. The molecule has 0 spiro atoms. The number of hydrogen-bond donors (Lipinski definition) is 1. The normalized spacial score (nSPS) is 11.7. The lowest BCUT2D eigenvalue weighted by Crippen LogP contribution is -2.31. The van der Waals surface area contributed by atoms with Crippen LogP contribution in [0.3, 0.4) is 0 Å². The van der Waals surface area contributed by atoms with E-state index in [9.17, 15) is 9.59 Å². The van der Waals surface area contributed by atoms with E-state index in [4.69, 9.17) is 0 Å². The number of hydrogen-bond acceptors (Lipinski definition) is 3. The predicted octanol–water partition coefficient (Wildman–Crippen LogP) is 1.59. The second kappa shape index (κ2) is 4.74. The van der Waals surface area contributed by atoms with Gasteiger partial charge in [-0.05, 0) is 18.2 Å². The molecule has 2 aromatic rings. The van der Waals surface area contributed by atoms with Crippen molar-refractivity contribution in [1.29, 1.82) is 0 Å². The molecule has 106 valence electrons. The lowest BCUT2D eigenvalue weighted by molar-refractivity contribution is 0.0963. The minimum atomic E-state index is -0.317. The van der Waals surface area contributed by atoms with Crippen molar-refractivity contribution in [3.05, 3.63) is 39.8 Å². The fraction of sp³-hybridized carbons (Fsp3) is 0.400. The second-order valence-corrected chi connectivity index (χ2v) is 5.86. The third-order valence-electron chi connectivity index (χ3n) is 3.28. The van der Waals surface area contributed by atoms with Crippen molar-refractivity contribution in [1.82, 2.24) is 14.9 Å². The van der Waals surface area contributed by atoms with Gasteiger partial charge in [-0.15, -0.1) is 0 Å². The molecule has 0 saturated carbocycles. The first-order valence-corrected chi connectivity index (χ1v) is 6.49. The Labute approximate surface area is 117 Å². The Bertz CT molecular complexity index is 739. The first-order valence-electron chi connectivity index (χ1n) is 6.49. The van der Waals surface area contributed by atoms with Crippen molar-refractivity contribution in [3.63, 3.8) is 0 Å². The van der Waals surface area contributed by atoms with Crippen molar-refractivity contribution < 1.29 is 4.79 Å². The molecule has 0 bridgehead atoms. The quantitative estimate of drug-likeness (QED) is 0.858. The van der Waals surface area contributed by atoms with E-state index < -0.39 is 0 Å². The maximum atomic E-state index is 12.4. The Morgan fingerprint density at radius 3 is 2.50 bits per heavy atom. The molecule has 1 amide bonds. The van der Waals surface area contributed by atoms with Crippen LogP contribution in [0.1, 0.15) is 36.8 Å². The third-order valence-corrected chi connectivity index (χ3v) is 3.28. The molecule has 1 aromatic heterocycles. The molecule has 20 heavy (non-hydrogen) atoms. The Morgan fingerprint density at radius 2 is 1.95 bits per heavy atom. The highest BCUT2D eigenvalue weighted by atomic mass is 16.1. The van der Waals surface area contributed by atoms with E-state index in [1.54, 1.807) is 36.9 Å². The van der Waals surface area contributed by atoms with Crippen LogP contribution in [0.5, 0.6) is 0 Å². The zero-order chi connectivity index (χ0) is 15.1. The number of rotatable bonds is 1. The lowest BCUT2D eigenvalue weighted by atomic mass is 9.92. The van der Waals surface area contributed by atoms with Crippen LogP contribution in [0.15, 0.2) is 23.0 Å². The van der Waals surface area contributed by atoms with Crippen LogP contribution in [0.25, 0.3) is 11.0 Å². The fourth-order valence-corrected chi connectivity index (χ4v) is 2.10. The zero-order valence-electron chi connectivity index (χ0n) is 12.4. The Kier molecular flexibility index (Phi) is 3.38. The van der Waals surface area contributed by atoms with E-state index >= 15 is 0 Å². The van der Waals surface area contributed by atoms with Gasteiger partial charge in [0.1, 0.15) is 5.69 Å². The Balaban J connectivity index is 2.77. The van der Waals surface area contributed by atoms with Crippen LogP contribution in [-0.4, -0.2) is 22.5 Å². The fourth-order valence-electron chi connectivity index (χ4n) is 2.10. The van der Waals surface area contributed by atoms with Gasteiger partial charge < -0.3 is 9.88 Å². The molecule has 0 saturated heterocycles. The largest absolute Gasteiger partial charge is 0.355 e. The number of nitrogens with zero attached hydrogens (tertiary/aromatic N) is 2. The standard InChI is InChI=1S/C15H19N3O2/c1-15(2,3)12-14(20)18(5)11-8-9(13(19)16-4)6-7-10(11)17-12/h6-8H,1-5H3,(H,16,19). The molecule has 1 N–H and O–H groups in total. The second-order valence-electron chi connectivity index (χ2n) is 5.86. The molecule has 0 aliphatic carbocycles. The number of aryl methyl sites for hydroxylation is 1. The number of nitrogens with one attached hydrogen (secondary N) is 1. The van der Waals surface area contributed by atoms with Gasteiger partial charge in [0.25, 0.3) is 11.5 Å². The third kappa shape index (κ3) is 2.31. The van der Waals surface area contributed by atoms with Gasteiger partial charge in [-0.3, -0.25) is 9.59 Å². The molecule has 1 heterocycles. The highest BCUT2D eigenvalue weighted by Crippen LogP contribution is 2.20. The van der Waals surface area contributed by atoms with Crippen LogP contribution in [-0.2, 0) is 12.5 Å². The number of fused-ring (bicyclic) bond motifs is 1. The smallest absolute Gasteiger partial charge is 0.273 e. The van der Waals surface area contributed by atoms with Crippen molar-refractivity contribution >= 4 is 16.9 Å². The van der Waals surface area contributed by atoms with E-state index in [0.29, 0.717) is 22.3 Å². The van der Waals surface area contributed by atoms with Crippen LogP contribution in [0, 0.1) is 0 Å². The van der Waals surface area contributed by atoms with Crippen molar-refractivity contribution in [2.45, 2.75) is 26.2 Å². The summed E-state index contributed by atoms with van der Waals surface area (Å²) in [6.45, 7) is 5.88. The zero-order valence-corrected chi connectivity index (χ0v) is 12.4. The van der Waals surface area contributed by atoms with Crippen molar-refractivity contribution in [3.8, 4) is 0 Å². The minimum absolute atomic E-state index is 0.126. The highest BCUT2D eigenvalue weighted by Gasteiger charge is 2.22. The van der Waals surface area contributed by atoms with Crippen molar-refractivity contribution in [2.75, 3.05) is 7.05 Å². The van der Waals surface area contributed by atoms with Gasteiger partial charge in [-0.1, -0.05) is 20.8 Å². The summed E-state index contributed by atoms with van der Waals surface area (Å²) in [4.78, 5) is 28.5. The van der Waals surface area contributed by atoms with Crippen LogP contribution >= 0.6 is 0 Å². The van der Waals surface area contributed by atoms with Crippen LogP contribution in [0.2, 0.25) is 0 Å². The summed E-state index contributed by atoms with van der Waals surface area (Å²) in [5, 5.41) is 2.57. The molecule has 0 aliphatic heterocycles. The summed E-state index contributed by atoms with van der Waals surface area (Å²) in [7, 11) is 3.28. The van der Waals surface area contributed by atoms with Crippen LogP contribution < -0.4 is 10.9 Å². The molecule has 0 fully saturated rings. The molecule has 5 heteroatoms. The molecule has 0 radical (unpaired) electrons. The van der Waals surface area contributed by atoms with Crippen molar-refractivity contribution in [2.24, 2.45) is 7.05 Å². The van der Waals surface area contributed by atoms with Crippen LogP contribution in [0.4, 0.5) is 0 Å². The SMILES string of the molecule is CNC(=O)c1ccc2nc(C(C)(C)C)c(=O)n(C)c2c1. The van der Waals surface area contributed by atoms with E-state index in [1.165, 1.54) is 0 Å². The molecule has 1 aromatic carbocycles. The van der Waals surface area contributed by atoms with E-state index in [-0.39, 0.29) is 16.9 Å². The van der Waals surface area contributed by atoms with Gasteiger partial charge in [0.15, 0.2) is 0 Å². The maximum absolute atomic E-state index is 12.4. The van der Waals surface area contributed by atoms with Gasteiger partial charge in [0.2, 0.25) is 0 Å². The first-order chi connectivity index (χ1) is 9.25. The maximum Gasteiger partial charge on any atom is 0.273 e. The molecule has 0 unspecified atom stereocenters. The van der Waals surface area contributed by atoms with Gasteiger partial charge in [0.05, 0.1) is 11.0 Å². The Hall–Kier alpha value is -2.17. The van der Waals surface area contributed by atoms with Gasteiger partial charge >= 0.3 is 0 Å². The summed E-state index contributed by atoms with van der Waals surface area (Å²) >= 11 is 0. The Morgan fingerprint density at radius 1 is 1.30 bits per heavy atom. The van der Waals surface area contributed by atoms with E-state index in [0.717, 1.165) is 0 Å². The number of carbonyl (C=O) groups excluding carboxylic acids is 1. The molecule has 2 rings (SSSR count). The summed E-state index contributed by atoms with van der Waals surface area (Å²) in [5.41, 5.74) is 1.97. The summed E-state index contributed by atoms with van der Waals surface area (Å²) < 4.78 is 1.55. The highest BCUT2D eigenvalue weighted by molar-refractivity contribution is 5.97. The summed E-state index contributed by atoms with van der Waals surface area (Å²) in [6, 6.07) is 5.18. The van der Waals surface area contributed by atoms with Gasteiger partial charge in [-0.2, -0.15) is 0 Å². The lowest BCUT2D eigenvalue weighted by Gasteiger charge is -2.18. The first kappa shape index (κ1) is 14.2. The van der Waals surface area contributed by atoms with Gasteiger partial charge in [0, 0.05) is 25.1 Å². The number of benzene rings is 1. The monoisotopic (exact) mass is 273 g/mol. The molecular weight excluding hydrogens is 254 g/mol.